The first-order valence-corrected chi connectivity index (χ1v) is 7.83. The van der Waals surface area contributed by atoms with Gasteiger partial charge < -0.3 is 9.64 Å². The average Bonchev–Trinajstić information content (AvgIpc) is 2.87. The number of hydrogen-bond acceptors (Lipinski definition) is 5. The standard InChI is InChI=1S/C16H20N2O2S/c1-4-20-15(19)9-14-11-21-16(17-14)18(3)10-13-7-5-6-12(2)8-13/h5-8,11H,4,9-10H2,1-3H3. The van der Waals surface area contributed by atoms with E-state index in [1.807, 2.05) is 12.4 Å². The number of thiazole rings is 1. The molecule has 1 heterocycles. The molecule has 2 rings (SSSR count). The van der Waals surface area contributed by atoms with Crippen molar-refractivity contribution < 1.29 is 9.53 Å². The average molecular weight is 304 g/mol. The molecule has 2 aromatic rings. The van der Waals surface area contributed by atoms with Crippen molar-refractivity contribution >= 4 is 22.4 Å². The van der Waals surface area contributed by atoms with E-state index < -0.39 is 0 Å². The van der Waals surface area contributed by atoms with E-state index >= 15 is 0 Å². The molecule has 5 heteroatoms. The van der Waals surface area contributed by atoms with Gasteiger partial charge in [-0.25, -0.2) is 4.98 Å². The largest absolute Gasteiger partial charge is 0.466 e. The van der Waals surface area contributed by atoms with Crippen LogP contribution in [0.4, 0.5) is 5.13 Å². The summed E-state index contributed by atoms with van der Waals surface area (Å²) in [5.74, 6) is -0.226. The Kier molecular flexibility index (Phi) is 5.33. The number of carbonyl (C=O) groups is 1. The second-order valence-corrected chi connectivity index (χ2v) is 5.78. The van der Waals surface area contributed by atoms with E-state index in [2.05, 4.69) is 41.1 Å². The Labute approximate surface area is 129 Å². The minimum absolute atomic E-state index is 0.226. The van der Waals surface area contributed by atoms with Gasteiger partial charge in [0.1, 0.15) is 0 Å². The maximum atomic E-state index is 11.4. The van der Waals surface area contributed by atoms with Crippen LogP contribution in [-0.4, -0.2) is 24.6 Å². The van der Waals surface area contributed by atoms with Gasteiger partial charge in [0.25, 0.3) is 0 Å². The quantitative estimate of drug-likeness (QED) is 0.769. The number of hydrogen-bond donors (Lipinski definition) is 0. The van der Waals surface area contributed by atoms with Crippen LogP contribution in [0.25, 0.3) is 0 Å². The van der Waals surface area contributed by atoms with Crippen LogP contribution in [0, 0.1) is 6.92 Å². The van der Waals surface area contributed by atoms with Gasteiger partial charge in [-0.3, -0.25) is 4.79 Å². The Bertz CT molecular complexity index is 610. The molecule has 0 saturated heterocycles. The summed E-state index contributed by atoms with van der Waals surface area (Å²) in [6.07, 6.45) is 0.239. The van der Waals surface area contributed by atoms with Crippen LogP contribution in [0.2, 0.25) is 0 Å². The summed E-state index contributed by atoms with van der Waals surface area (Å²) < 4.78 is 4.94. The molecule has 0 unspecified atom stereocenters. The van der Waals surface area contributed by atoms with Gasteiger partial charge in [-0.15, -0.1) is 11.3 Å². The fourth-order valence-electron chi connectivity index (χ4n) is 2.06. The Morgan fingerprint density at radius 1 is 1.43 bits per heavy atom. The monoisotopic (exact) mass is 304 g/mol. The molecule has 0 bridgehead atoms. The second-order valence-electron chi connectivity index (χ2n) is 4.95. The number of anilines is 1. The summed E-state index contributed by atoms with van der Waals surface area (Å²) in [4.78, 5) is 18.0. The Morgan fingerprint density at radius 3 is 2.95 bits per heavy atom. The molecule has 0 saturated carbocycles. The van der Waals surface area contributed by atoms with E-state index in [1.165, 1.54) is 11.1 Å². The lowest BCUT2D eigenvalue weighted by molar-refractivity contribution is -0.142. The molecular weight excluding hydrogens is 284 g/mol. The first kappa shape index (κ1) is 15.5. The molecule has 1 aromatic heterocycles. The van der Waals surface area contributed by atoms with E-state index in [9.17, 15) is 4.79 Å². The SMILES string of the molecule is CCOC(=O)Cc1csc(N(C)Cc2cccc(C)c2)n1. The molecule has 0 aliphatic rings. The van der Waals surface area contributed by atoms with E-state index in [0.717, 1.165) is 17.4 Å². The van der Waals surface area contributed by atoms with Crippen LogP contribution >= 0.6 is 11.3 Å². The second kappa shape index (κ2) is 7.22. The van der Waals surface area contributed by atoms with Crippen molar-refractivity contribution in [3.8, 4) is 0 Å². The highest BCUT2D eigenvalue weighted by Gasteiger charge is 2.11. The van der Waals surface area contributed by atoms with Gasteiger partial charge in [-0.1, -0.05) is 29.8 Å². The third-order valence-electron chi connectivity index (χ3n) is 3.00. The molecule has 0 spiro atoms. The predicted octanol–water partition coefficient (Wildman–Crippen LogP) is 3.19. The van der Waals surface area contributed by atoms with Gasteiger partial charge in [0.2, 0.25) is 0 Å². The Morgan fingerprint density at radius 2 is 2.24 bits per heavy atom. The van der Waals surface area contributed by atoms with Gasteiger partial charge in [-0.2, -0.15) is 0 Å². The summed E-state index contributed by atoms with van der Waals surface area (Å²) in [6, 6.07) is 8.43. The third-order valence-corrected chi connectivity index (χ3v) is 4.00. The minimum atomic E-state index is -0.226. The van der Waals surface area contributed by atoms with Crippen molar-refractivity contribution in [3.63, 3.8) is 0 Å². The van der Waals surface area contributed by atoms with Gasteiger partial charge in [-0.05, 0) is 19.4 Å². The molecule has 21 heavy (non-hydrogen) atoms. The first-order chi connectivity index (χ1) is 10.1. The van der Waals surface area contributed by atoms with E-state index in [0.29, 0.717) is 6.61 Å². The normalized spacial score (nSPS) is 10.4. The van der Waals surface area contributed by atoms with E-state index in [-0.39, 0.29) is 12.4 Å². The number of rotatable bonds is 6. The number of ether oxygens (including phenoxy) is 1. The summed E-state index contributed by atoms with van der Waals surface area (Å²) in [6.45, 7) is 5.10. The smallest absolute Gasteiger partial charge is 0.311 e. The van der Waals surface area contributed by atoms with Crippen molar-refractivity contribution in [2.24, 2.45) is 0 Å². The number of nitrogens with zero attached hydrogens (tertiary/aromatic N) is 2. The molecule has 0 fully saturated rings. The maximum absolute atomic E-state index is 11.4. The molecule has 0 aliphatic heterocycles. The molecule has 0 amide bonds. The Hall–Kier alpha value is -1.88. The van der Waals surface area contributed by atoms with Gasteiger partial charge in [0.15, 0.2) is 5.13 Å². The number of benzene rings is 1. The lowest BCUT2D eigenvalue weighted by Gasteiger charge is -2.16. The molecule has 0 radical (unpaired) electrons. The molecular formula is C16H20N2O2S. The highest BCUT2D eigenvalue weighted by Crippen LogP contribution is 2.21. The van der Waals surface area contributed by atoms with Crippen LogP contribution in [0.15, 0.2) is 29.6 Å². The molecule has 4 nitrogen and oxygen atoms in total. The molecule has 1 aromatic carbocycles. The van der Waals surface area contributed by atoms with Crippen LogP contribution < -0.4 is 4.90 Å². The van der Waals surface area contributed by atoms with Crippen LogP contribution in [-0.2, 0) is 22.5 Å². The van der Waals surface area contributed by atoms with Crippen molar-refractivity contribution in [2.45, 2.75) is 26.8 Å². The molecule has 112 valence electrons. The highest BCUT2D eigenvalue weighted by atomic mass is 32.1. The predicted molar refractivity (Wildman–Crippen MR) is 85.7 cm³/mol. The Balaban J connectivity index is 1.98. The summed E-state index contributed by atoms with van der Waals surface area (Å²) >= 11 is 1.55. The fourth-order valence-corrected chi connectivity index (χ4v) is 2.86. The fraction of sp³-hybridized carbons (Fsp3) is 0.375. The number of aryl methyl sites for hydroxylation is 1. The van der Waals surface area contributed by atoms with Crippen LogP contribution in [0.5, 0.6) is 0 Å². The third kappa shape index (κ3) is 4.56. The number of esters is 1. The molecule has 0 aliphatic carbocycles. The number of aromatic nitrogens is 1. The summed E-state index contributed by atoms with van der Waals surface area (Å²) in [7, 11) is 2.01. The number of carbonyl (C=O) groups excluding carboxylic acids is 1. The van der Waals surface area contributed by atoms with Crippen molar-refractivity contribution in [3.05, 3.63) is 46.5 Å². The zero-order valence-corrected chi connectivity index (χ0v) is 13.4. The highest BCUT2D eigenvalue weighted by molar-refractivity contribution is 7.13. The minimum Gasteiger partial charge on any atom is -0.466 e. The summed E-state index contributed by atoms with van der Waals surface area (Å²) in [5, 5.41) is 2.83. The van der Waals surface area contributed by atoms with Crippen molar-refractivity contribution in [1.29, 1.82) is 0 Å². The topological polar surface area (TPSA) is 42.4 Å². The van der Waals surface area contributed by atoms with Crippen molar-refractivity contribution in [2.75, 3.05) is 18.6 Å². The van der Waals surface area contributed by atoms with Crippen LogP contribution in [0.3, 0.4) is 0 Å². The van der Waals surface area contributed by atoms with Gasteiger partial charge >= 0.3 is 5.97 Å². The first-order valence-electron chi connectivity index (χ1n) is 6.95. The lowest BCUT2D eigenvalue weighted by Crippen LogP contribution is -2.16. The maximum Gasteiger partial charge on any atom is 0.311 e. The lowest BCUT2D eigenvalue weighted by atomic mass is 10.1. The van der Waals surface area contributed by atoms with Crippen LogP contribution in [0.1, 0.15) is 23.7 Å². The van der Waals surface area contributed by atoms with E-state index in [1.54, 1.807) is 18.3 Å². The molecule has 0 atom stereocenters. The summed E-state index contributed by atoms with van der Waals surface area (Å²) in [5.41, 5.74) is 3.27. The zero-order chi connectivity index (χ0) is 15.2. The van der Waals surface area contributed by atoms with Gasteiger partial charge in [0.05, 0.1) is 18.7 Å². The van der Waals surface area contributed by atoms with Crippen molar-refractivity contribution in [1.82, 2.24) is 4.98 Å². The van der Waals surface area contributed by atoms with Gasteiger partial charge in [0, 0.05) is 19.0 Å². The zero-order valence-electron chi connectivity index (χ0n) is 12.6. The molecule has 0 N–H and O–H groups in total. The van der Waals surface area contributed by atoms with E-state index in [4.69, 9.17) is 4.74 Å².